The highest BCUT2D eigenvalue weighted by atomic mass is 16.4. The van der Waals surface area contributed by atoms with Crippen LogP contribution >= 0.6 is 0 Å². The average Bonchev–Trinajstić information content (AvgIpc) is 3.03. The third-order valence-electron chi connectivity index (χ3n) is 5.13. The normalized spacial score (nSPS) is 23.8. The van der Waals surface area contributed by atoms with Gasteiger partial charge in [0, 0.05) is 18.3 Å². The lowest BCUT2D eigenvalue weighted by Crippen LogP contribution is -2.43. The van der Waals surface area contributed by atoms with Crippen LogP contribution < -0.4 is 10.9 Å². The number of carbonyl (C=O) groups excluding carboxylic acids is 1. The summed E-state index contributed by atoms with van der Waals surface area (Å²) in [5.74, 6) is 1.83. The number of aromatic nitrogens is 1. The molecule has 1 aliphatic carbocycles. The number of hydrogen-bond donors (Lipinski definition) is 1. The van der Waals surface area contributed by atoms with Crippen molar-refractivity contribution in [2.24, 2.45) is 11.8 Å². The van der Waals surface area contributed by atoms with Crippen molar-refractivity contribution < 1.29 is 9.21 Å². The van der Waals surface area contributed by atoms with Crippen LogP contribution in [-0.4, -0.2) is 16.5 Å². The Labute approximate surface area is 141 Å². The fourth-order valence-corrected chi connectivity index (χ4v) is 3.37. The number of carbonyl (C=O) groups is 1. The Kier molecular flexibility index (Phi) is 4.88. The summed E-state index contributed by atoms with van der Waals surface area (Å²) >= 11 is 0. The van der Waals surface area contributed by atoms with Gasteiger partial charge in [-0.3, -0.25) is 9.59 Å². The molecule has 3 unspecified atom stereocenters. The van der Waals surface area contributed by atoms with Crippen molar-refractivity contribution in [2.45, 2.75) is 45.7 Å². The fourth-order valence-electron chi connectivity index (χ4n) is 3.37. The Morgan fingerprint density at radius 1 is 1.25 bits per heavy atom. The van der Waals surface area contributed by atoms with E-state index in [-0.39, 0.29) is 17.5 Å². The van der Waals surface area contributed by atoms with E-state index in [2.05, 4.69) is 19.2 Å². The van der Waals surface area contributed by atoms with Gasteiger partial charge in [0.05, 0.1) is 6.54 Å². The van der Waals surface area contributed by atoms with Crippen LogP contribution in [0.25, 0.3) is 0 Å². The molecule has 5 heteroatoms. The highest BCUT2D eigenvalue weighted by Crippen LogP contribution is 2.29. The number of furan rings is 1. The van der Waals surface area contributed by atoms with Crippen molar-refractivity contribution in [3.05, 3.63) is 58.4 Å². The van der Waals surface area contributed by atoms with E-state index in [4.69, 9.17) is 4.42 Å². The fraction of sp³-hybridized carbons (Fsp3) is 0.474. The van der Waals surface area contributed by atoms with Gasteiger partial charge < -0.3 is 14.3 Å². The molecule has 2 aromatic heterocycles. The third kappa shape index (κ3) is 3.61. The van der Waals surface area contributed by atoms with Gasteiger partial charge in [-0.05, 0) is 36.5 Å². The first kappa shape index (κ1) is 16.6. The number of pyridine rings is 1. The maximum Gasteiger partial charge on any atom is 0.287 e. The predicted molar refractivity (Wildman–Crippen MR) is 91.9 cm³/mol. The van der Waals surface area contributed by atoms with Crippen molar-refractivity contribution in [3.8, 4) is 0 Å². The first-order valence-electron chi connectivity index (χ1n) is 8.59. The average molecular weight is 328 g/mol. The highest BCUT2D eigenvalue weighted by molar-refractivity contribution is 5.91. The number of nitrogens with zero attached hydrogens (tertiary/aromatic N) is 1. The first-order chi connectivity index (χ1) is 11.5. The Hall–Kier alpha value is -2.30. The van der Waals surface area contributed by atoms with E-state index >= 15 is 0 Å². The summed E-state index contributed by atoms with van der Waals surface area (Å²) in [4.78, 5) is 24.2. The van der Waals surface area contributed by atoms with Crippen molar-refractivity contribution in [1.29, 1.82) is 0 Å². The number of hydrogen-bond acceptors (Lipinski definition) is 3. The molecule has 1 fully saturated rings. The second-order valence-corrected chi connectivity index (χ2v) is 6.78. The highest BCUT2D eigenvalue weighted by Gasteiger charge is 2.29. The quantitative estimate of drug-likeness (QED) is 0.938. The van der Waals surface area contributed by atoms with E-state index < -0.39 is 0 Å². The van der Waals surface area contributed by atoms with Gasteiger partial charge in [0.1, 0.15) is 5.76 Å². The Bertz CT molecular complexity index is 762. The molecule has 0 aliphatic heterocycles. The molecule has 0 aromatic carbocycles. The zero-order chi connectivity index (χ0) is 17.1. The summed E-state index contributed by atoms with van der Waals surface area (Å²) in [6.07, 6.45) is 5.10. The van der Waals surface area contributed by atoms with Crippen molar-refractivity contribution in [3.63, 3.8) is 0 Å². The van der Waals surface area contributed by atoms with Gasteiger partial charge in [0.2, 0.25) is 0 Å². The molecule has 5 nitrogen and oxygen atoms in total. The number of amides is 1. The van der Waals surface area contributed by atoms with Crippen LogP contribution in [-0.2, 0) is 6.54 Å². The zero-order valence-corrected chi connectivity index (χ0v) is 14.2. The lowest BCUT2D eigenvalue weighted by Gasteiger charge is -2.34. The van der Waals surface area contributed by atoms with Crippen LogP contribution in [0.3, 0.4) is 0 Å². The van der Waals surface area contributed by atoms with Crippen molar-refractivity contribution in [2.75, 3.05) is 0 Å². The molecule has 128 valence electrons. The van der Waals surface area contributed by atoms with E-state index in [1.807, 2.05) is 0 Å². The van der Waals surface area contributed by atoms with Crippen LogP contribution in [0.15, 0.2) is 45.7 Å². The standard InChI is InChI=1S/C19H24N2O3/c1-13-6-5-7-16(14(13)2)20-19(23)17-10-9-15(24-17)12-21-11-4-3-8-18(21)22/h3-4,8-11,13-14,16H,5-7,12H2,1-2H3,(H,20,23). The van der Waals surface area contributed by atoms with Crippen molar-refractivity contribution >= 4 is 5.91 Å². The summed E-state index contributed by atoms with van der Waals surface area (Å²) in [7, 11) is 0. The second kappa shape index (κ2) is 7.07. The van der Waals surface area contributed by atoms with Gasteiger partial charge in [-0.15, -0.1) is 0 Å². The Morgan fingerprint density at radius 2 is 2.08 bits per heavy atom. The SMILES string of the molecule is CC1CCCC(NC(=O)c2ccc(Cn3ccccc3=O)o2)C1C. The van der Waals surface area contributed by atoms with E-state index in [1.165, 1.54) is 12.5 Å². The summed E-state index contributed by atoms with van der Waals surface area (Å²) in [6, 6.07) is 8.63. The molecule has 0 radical (unpaired) electrons. The van der Waals surface area contributed by atoms with Gasteiger partial charge in [0.25, 0.3) is 11.5 Å². The second-order valence-electron chi connectivity index (χ2n) is 6.78. The molecular weight excluding hydrogens is 304 g/mol. The van der Waals surface area contributed by atoms with Gasteiger partial charge in [-0.1, -0.05) is 32.8 Å². The van der Waals surface area contributed by atoms with E-state index in [1.54, 1.807) is 35.0 Å². The minimum absolute atomic E-state index is 0.0927. The van der Waals surface area contributed by atoms with Crippen LogP contribution in [0.4, 0.5) is 0 Å². The molecular formula is C19H24N2O3. The molecule has 3 rings (SSSR count). The monoisotopic (exact) mass is 328 g/mol. The molecule has 1 aliphatic rings. The minimum atomic E-state index is -0.174. The topological polar surface area (TPSA) is 64.2 Å². The summed E-state index contributed by atoms with van der Waals surface area (Å²) in [5, 5.41) is 3.10. The Morgan fingerprint density at radius 3 is 2.88 bits per heavy atom. The summed E-state index contributed by atoms with van der Waals surface area (Å²) in [5.41, 5.74) is -0.0927. The van der Waals surface area contributed by atoms with E-state index in [0.717, 1.165) is 12.8 Å². The lowest BCUT2D eigenvalue weighted by atomic mass is 9.78. The van der Waals surface area contributed by atoms with Gasteiger partial charge in [-0.25, -0.2) is 0 Å². The van der Waals surface area contributed by atoms with Gasteiger partial charge >= 0.3 is 0 Å². The van der Waals surface area contributed by atoms with E-state index in [9.17, 15) is 9.59 Å². The minimum Gasteiger partial charge on any atom is -0.454 e. The van der Waals surface area contributed by atoms with Gasteiger partial charge in [-0.2, -0.15) is 0 Å². The first-order valence-corrected chi connectivity index (χ1v) is 8.59. The predicted octanol–water partition coefficient (Wildman–Crippen LogP) is 3.04. The van der Waals surface area contributed by atoms with Crippen molar-refractivity contribution in [1.82, 2.24) is 9.88 Å². The Balaban J connectivity index is 1.65. The summed E-state index contributed by atoms with van der Waals surface area (Å²) in [6.45, 7) is 4.76. The molecule has 1 N–H and O–H groups in total. The molecule has 1 saturated carbocycles. The lowest BCUT2D eigenvalue weighted by molar-refractivity contribution is 0.0861. The van der Waals surface area contributed by atoms with Gasteiger partial charge in [0.15, 0.2) is 5.76 Å². The largest absolute Gasteiger partial charge is 0.454 e. The third-order valence-corrected chi connectivity index (χ3v) is 5.13. The van der Waals surface area contributed by atoms with E-state index in [0.29, 0.717) is 29.9 Å². The molecule has 24 heavy (non-hydrogen) atoms. The zero-order valence-electron chi connectivity index (χ0n) is 14.2. The number of nitrogens with one attached hydrogen (secondary N) is 1. The smallest absolute Gasteiger partial charge is 0.287 e. The van der Waals surface area contributed by atoms with Crippen LogP contribution in [0.1, 0.15) is 49.4 Å². The number of rotatable bonds is 4. The maximum absolute atomic E-state index is 12.4. The molecule has 3 atom stereocenters. The summed E-state index contributed by atoms with van der Waals surface area (Å²) < 4.78 is 7.18. The molecule has 2 aromatic rings. The van der Waals surface area contributed by atoms with Crippen LogP contribution in [0, 0.1) is 11.8 Å². The van der Waals surface area contributed by atoms with Crippen LogP contribution in [0.5, 0.6) is 0 Å². The molecule has 0 spiro atoms. The molecule has 0 saturated heterocycles. The van der Waals surface area contributed by atoms with Crippen LogP contribution in [0.2, 0.25) is 0 Å². The molecule has 2 heterocycles. The molecule has 0 bridgehead atoms. The maximum atomic E-state index is 12.4. The molecule has 1 amide bonds.